The van der Waals surface area contributed by atoms with Gasteiger partial charge in [0.05, 0.1) is 0 Å². The predicted octanol–water partition coefficient (Wildman–Crippen LogP) is 4.27. The van der Waals surface area contributed by atoms with E-state index >= 15 is 0 Å². The summed E-state index contributed by atoms with van der Waals surface area (Å²) >= 11 is 5.33. The van der Waals surface area contributed by atoms with Crippen molar-refractivity contribution in [3.8, 4) is 0 Å². The highest BCUT2D eigenvalue weighted by Gasteiger charge is 1.82. The van der Waals surface area contributed by atoms with E-state index in [1.807, 2.05) is 12.2 Å². The van der Waals surface area contributed by atoms with Crippen molar-refractivity contribution in [2.24, 2.45) is 0 Å². The fourth-order valence-electron chi connectivity index (χ4n) is 0.906. The summed E-state index contributed by atoms with van der Waals surface area (Å²) in [5, 5.41) is 0. The molecule has 0 fully saturated rings. The third kappa shape index (κ3) is 9.77. The van der Waals surface area contributed by atoms with Gasteiger partial charge in [0, 0.05) is 5.54 Å². The Morgan fingerprint density at radius 1 is 1.09 bits per heavy atom. The van der Waals surface area contributed by atoms with Gasteiger partial charge in [-0.3, -0.25) is 0 Å². The third-order valence-electron chi connectivity index (χ3n) is 1.54. The molecule has 0 nitrogen and oxygen atoms in total. The van der Waals surface area contributed by atoms with Crippen molar-refractivity contribution in [2.45, 2.75) is 39.0 Å². The van der Waals surface area contributed by atoms with Crippen LogP contribution >= 0.6 is 11.6 Å². The lowest BCUT2D eigenvalue weighted by atomic mass is 10.1. The van der Waals surface area contributed by atoms with Gasteiger partial charge in [0.15, 0.2) is 0 Å². The molecule has 0 aromatic carbocycles. The Kier molecular flexibility index (Phi) is 9.57. The lowest BCUT2D eigenvalue weighted by Crippen LogP contribution is -1.72. The summed E-state index contributed by atoms with van der Waals surface area (Å²) in [6.45, 7) is 2.23. The minimum Gasteiger partial charge on any atom is -0.0930 e. The predicted molar refractivity (Wildman–Crippen MR) is 52.9 cm³/mol. The molecule has 0 amide bonds. The molecule has 11 heavy (non-hydrogen) atoms. The van der Waals surface area contributed by atoms with Crippen LogP contribution in [0.15, 0.2) is 23.8 Å². The normalized spacial score (nSPS) is 11.8. The molecule has 0 aromatic rings. The topological polar surface area (TPSA) is 0 Å². The Labute approximate surface area is 74.9 Å². The highest BCUT2D eigenvalue weighted by Crippen LogP contribution is 2.02. The Hall–Kier alpha value is -0.230. The van der Waals surface area contributed by atoms with Gasteiger partial charge in [-0.2, -0.15) is 0 Å². The molecule has 0 N–H and O–H groups in total. The van der Waals surface area contributed by atoms with Gasteiger partial charge in [-0.15, -0.1) is 0 Å². The molecular formula is C10H17Cl. The molecule has 0 radical (unpaired) electrons. The number of halogens is 1. The van der Waals surface area contributed by atoms with Crippen molar-refractivity contribution in [3.63, 3.8) is 0 Å². The van der Waals surface area contributed by atoms with Crippen LogP contribution in [0.1, 0.15) is 39.0 Å². The van der Waals surface area contributed by atoms with Gasteiger partial charge in [0.1, 0.15) is 0 Å². The molecule has 0 atom stereocenters. The summed E-state index contributed by atoms with van der Waals surface area (Å²) in [5.74, 6) is 0. The van der Waals surface area contributed by atoms with E-state index in [1.54, 1.807) is 0 Å². The summed E-state index contributed by atoms with van der Waals surface area (Å²) < 4.78 is 0. The van der Waals surface area contributed by atoms with Crippen LogP contribution in [0.2, 0.25) is 0 Å². The van der Waals surface area contributed by atoms with Gasteiger partial charge in [-0.1, -0.05) is 56.0 Å². The molecule has 0 aromatic heterocycles. The van der Waals surface area contributed by atoms with Crippen molar-refractivity contribution < 1.29 is 0 Å². The molecule has 0 rings (SSSR count). The van der Waals surface area contributed by atoms with Gasteiger partial charge in [-0.05, 0) is 12.8 Å². The molecule has 0 bridgehead atoms. The second-order valence-electron chi connectivity index (χ2n) is 2.60. The fourth-order valence-corrected chi connectivity index (χ4v) is 0.990. The van der Waals surface area contributed by atoms with Crippen LogP contribution in [-0.2, 0) is 0 Å². The monoisotopic (exact) mass is 172 g/mol. The minimum atomic E-state index is 1.18. The van der Waals surface area contributed by atoms with E-state index in [1.165, 1.54) is 37.6 Å². The van der Waals surface area contributed by atoms with Crippen molar-refractivity contribution in [1.29, 1.82) is 0 Å². The van der Waals surface area contributed by atoms with Crippen molar-refractivity contribution in [2.75, 3.05) is 0 Å². The largest absolute Gasteiger partial charge is 0.0930 e. The first-order valence-corrected chi connectivity index (χ1v) is 4.77. The molecule has 0 aliphatic heterocycles. The zero-order valence-corrected chi connectivity index (χ0v) is 7.98. The number of hydrogen-bond donors (Lipinski definition) is 0. The zero-order valence-electron chi connectivity index (χ0n) is 7.22. The zero-order chi connectivity index (χ0) is 8.36. The van der Waals surface area contributed by atoms with E-state index in [-0.39, 0.29) is 0 Å². The van der Waals surface area contributed by atoms with Crippen LogP contribution in [0.4, 0.5) is 0 Å². The molecule has 0 aliphatic rings. The van der Waals surface area contributed by atoms with E-state index in [0.29, 0.717) is 0 Å². The Bertz CT molecular complexity index is 114. The smallest absolute Gasteiger partial charge is 0.00423 e. The van der Waals surface area contributed by atoms with E-state index in [0.717, 1.165) is 0 Å². The fraction of sp³-hybridized carbons (Fsp3) is 0.600. The summed E-state index contributed by atoms with van der Waals surface area (Å²) in [7, 11) is 0. The van der Waals surface area contributed by atoms with Crippen LogP contribution < -0.4 is 0 Å². The lowest BCUT2D eigenvalue weighted by Gasteiger charge is -1.92. The highest BCUT2D eigenvalue weighted by atomic mass is 35.5. The Morgan fingerprint density at radius 2 is 1.91 bits per heavy atom. The molecule has 0 saturated carbocycles. The van der Waals surface area contributed by atoms with Gasteiger partial charge >= 0.3 is 0 Å². The molecule has 64 valence electrons. The van der Waals surface area contributed by atoms with Crippen LogP contribution in [-0.4, -0.2) is 0 Å². The van der Waals surface area contributed by atoms with Crippen LogP contribution in [0.5, 0.6) is 0 Å². The molecule has 0 unspecified atom stereocenters. The van der Waals surface area contributed by atoms with E-state index < -0.39 is 0 Å². The second-order valence-corrected chi connectivity index (χ2v) is 2.85. The van der Waals surface area contributed by atoms with Crippen LogP contribution in [0, 0.1) is 0 Å². The maximum absolute atomic E-state index is 5.33. The number of allylic oxidation sites excluding steroid dienone is 3. The summed E-state index contributed by atoms with van der Waals surface area (Å²) in [6.07, 6.45) is 12.5. The van der Waals surface area contributed by atoms with Crippen LogP contribution in [0.25, 0.3) is 0 Å². The Balaban J connectivity index is 3.01. The molecule has 0 spiro atoms. The standard InChI is InChI=1S/C10H17Cl/c1-2-3-4-5-6-7-8-9-10-11/h7-10H,2-6H2,1H3/b8-7+,10-9+. The average molecular weight is 173 g/mol. The third-order valence-corrected chi connectivity index (χ3v) is 1.69. The van der Waals surface area contributed by atoms with Gasteiger partial charge in [0.2, 0.25) is 0 Å². The van der Waals surface area contributed by atoms with Gasteiger partial charge in [-0.25, -0.2) is 0 Å². The number of hydrogen-bond acceptors (Lipinski definition) is 0. The Morgan fingerprint density at radius 3 is 2.55 bits per heavy atom. The molecule has 0 heterocycles. The van der Waals surface area contributed by atoms with E-state index in [9.17, 15) is 0 Å². The maximum Gasteiger partial charge on any atom is 0.00423 e. The van der Waals surface area contributed by atoms with Gasteiger partial charge in [0.25, 0.3) is 0 Å². The van der Waals surface area contributed by atoms with Crippen molar-refractivity contribution >= 4 is 11.6 Å². The van der Waals surface area contributed by atoms with E-state index in [4.69, 9.17) is 11.6 Å². The first-order valence-electron chi connectivity index (χ1n) is 4.33. The molecule has 0 aliphatic carbocycles. The van der Waals surface area contributed by atoms with Crippen molar-refractivity contribution in [1.82, 2.24) is 0 Å². The summed E-state index contributed by atoms with van der Waals surface area (Å²) in [5.41, 5.74) is 1.53. The quantitative estimate of drug-likeness (QED) is 0.415. The first kappa shape index (κ1) is 10.8. The highest BCUT2D eigenvalue weighted by molar-refractivity contribution is 6.25. The first-order chi connectivity index (χ1) is 5.41. The maximum atomic E-state index is 5.33. The van der Waals surface area contributed by atoms with E-state index in [2.05, 4.69) is 13.0 Å². The number of rotatable bonds is 6. The van der Waals surface area contributed by atoms with Crippen LogP contribution in [0.3, 0.4) is 0 Å². The molecule has 1 heteroatoms. The second kappa shape index (κ2) is 9.77. The van der Waals surface area contributed by atoms with Crippen molar-refractivity contribution in [3.05, 3.63) is 23.8 Å². The van der Waals surface area contributed by atoms with Gasteiger partial charge < -0.3 is 0 Å². The lowest BCUT2D eigenvalue weighted by molar-refractivity contribution is 0.674. The average Bonchev–Trinajstić information content (AvgIpc) is 2.03. The summed E-state index contributed by atoms with van der Waals surface area (Å²) in [4.78, 5) is 0. The SMILES string of the molecule is CCCCCC/C=C/C=C/Cl. The molecular weight excluding hydrogens is 156 g/mol. The molecule has 0 saturated heterocycles. The number of unbranched alkanes of at least 4 members (excludes halogenated alkanes) is 4. The minimum absolute atomic E-state index is 1.18. The summed E-state index contributed by atoms with van der Waals surface area (Å²) in [6, 6.07) is 0.